The van der Waals surface area contributed by atoms with Gasteiger partial charge in [0, 0.05) is 26.2 Å². The summed E-state index contributed by atoms with van der Waals surface area (Å²) in [6.45, 7) is 5.45. The highest BCUT2D eigenvalue weighted by molar-refractivity contribution is 5.79. The number of aliphatic imine (C=N–C) groups is 1. The first-order valence-corrected chi connectivity index (χ1v) is 9.12. The van der Waals surface area contributed by atoms with Crippen LogP contribution in [0.4, 0.5) is 0 Å². The molecule has 142 valence electrons. The average Bonchev–Trinajstić information content (AvgIpc) is 3.08. The van der Waals surface area contributed by atoms with E-state index in [0.717, 1.165) is 29.6 Å². The molecule has 0 amide bonds. The summed E-state index contributed by atoms with van der Waals surface area (Å²) in [6.07, 6.45) is 2.74. The monoisotopic (exact) mass is 366 g/mol. The van der Waals surface area contributed by atoms with Crippen LogP contribution in [0.5, 0.6) is 5.75 Å². The molecule has 3 rings (SSSR count). The number of pyridine rings is 1. The minimum absolute atomic E-state index is 0.0192. The lowest BCUT2D eigenvalue weighted by atomic mass is 10.2. The number of hydrogen-bond donors (Lipinski definition) is 2. The van der Waals surface area contributed by atoms with Gasteiger partial charge in [-0.25, -0.2) is 0 Å². The molecular formula is C20H26N6O. The Morgan fingerprint density at radius 3 is 2.89 bits per heavy atom. The van der Waals surface area contributed by atoms with Gasteiger partial charge in [-0.2, -0.15) is 0 Å². The van der Waals surface area contributed by atoms with E-state index in [2.05, 4.69) is 38.8 Å². The van der Waals surface area contributed by atoms with Crippen LogP contribution in [0.3, 0.4) is 0 Å². The molecule has 2 N–H and O–H groups in total. The van der Waals surface area contributed by atoms with Crippen LogP contribution in [-0.4, -0.2) is 46.8 Å². The van der Waals surface area contributed by atoms with Gasteiger partial charge in [0.05, 0.1) is 6.54 Å². The van der Waals surface area contributed by atoms with Gasteiger partial charge in [-0.15, -0.1) is 10.2 Å². The molecule has 1 aromatic carbocycles. The highest BCUT2D eigenvalue weighted by atomic mass is 16.5. The Kier molecular flexibility index (Phi) is 6.25. The number of rotatable bonds is 7. The van der Waals surface area contributed by atoms with Crippen LogP contribution in [-0.2, 0) is 6.42 Å². The summed E-state index contributed by atoms with van der Waals surface area (Å²) in [5.41, 5.74) is 2.04. The van der Waals surface area contributed by atoms with Crippen LogP contribution in [0.25, 0.3) is 5.65 Å². The number of hydrogen-bond acceptors (Lipinski definition) is 4. The summed E-state index contributed by atoms with van der Waals surface area (Å²) in [5, 5.41) is 15.0. The Morgan fingerprint density at radius 1 is 1.19 bits per heavy atom. The van der Waals surface area contributed by atoms with E-state index in [1.54, 1.807) is 7.05 Å². The van der Waals surface area contributed by atoms with Crippen LogP contribution in [0.15, 0.2) is 53.7 Å². The molecule has 7 nitrogen and oxygen atoms in total. The standard InChI is InChI=1S/C20H26N6O/c1-15-7-6-8-17(13-15)27-16(2)14-23-20(21-3)22-11-10-19-25-24-18-9-4-5-12-26(18)19/h4-9,12-13,16H,10-11,14H2,1-3H3,(H2,21,22,23). The molecular weight excluding hydrogens is 340 g/mol. The molecule has 7 heteroatoms. The molecule has 0 radical (unpaired) electrons. The maximum atomic E-state index is 5.93. The third kappa shape index (κ3) is 5.20. The predicted molar refractivity (Wildman–Crippen MR) is 107 cm³/mol. The van der Waals surface area contributed by atoms with Crippen molar-refractivity contribution in [2.24, 2.45) is 4.99 Å². The van der Waals surface area contributed by atoms with Crippen molar-refractivity contribution >= 4 is 11.6 Å². The second kappa shape index (κ2) is 9.02. The van der Waals surface area contributed by atoms with Crippen molar-refractivity contribution in [1.82, 2.24) is 25.2 Å². The lowest BCUT2D eigenvalue weighted by molar-refractivity contribution is 0.223. The van der Waals surface area contributed by atoms with Gasteiger partial charge >= 0.3 is 0 Å². The number of ether oxygens (including phenoxy) is 1. The molecule has 2 aromatic heterocycles. The number of aromatic nitrogens is 3. The van der Waals surface area contributed by atoms with E-state index < -0.39 is 0 Å². The molecule has 0 saturated carbocycles. The highest BCUT2D eigenvalue weighted by Gasteiger charge is 2.07. The molecule has 3 aromatic rings. The second-order valence-electron chi connectivity index (χ2n) is 6.42. The summed E-state index contributed by atoms with van der Waals surface area (Å²) in [6, 6.07) is 13.9. The molecule has 0 aliphatic carbocycles. The van der Waals surface area contributed by atoms with Gasteiger partial charge in [-0.1, -0.05) is 18.2 Å². The molecule has 1 unspecified atom stereocenters. The quantitative estimate of drug-likeness (QED) is 0.495. The number of nitrogens with one attached hydrogen (secondary N) is 2. The normalized spacial score (nSPS) is 12.8. The van der Waals surface area contributed by atoms with E-state index in [-0.39, 0.29) is 6.10 Å². The minimum Gasteiger partial charge on any atom is -0.489 e. The fourth-order valence-electron chi connectivity index (χ4n) is 2.78. The number of nitrogens with zero attached hydrogens (tertiary/aromatic N) is 4. The molecule has 0 spiro atoms. The van der Waals surface area contributed by atoms with Gasteiger partial charge in [0.25, 0.3) is 0 Å². The Morgan fingerprint density at radius 2 is 2.07 bits per heavy atom. The summed E-state index contributed by atoms with van der Waals surface area (Å²) >= 11 is 0. The molecule has 27 heavy (non-hydrogen) atoms. The molecule has 0 aliphatic heterocycles. The lowest BCUT2D eigenvalue weighted by Gasteiger charge is -2.18. The molecule has 0 fully saturated rings. The van der Waals surface area contributed by atoms with Crippen molar-refractivity contribution in [2.75, 3.05) is 20.1 Å². The van der Waals surface area contributed by atoms with Crippen LogP contribution < -0.4 is 15.4 Å². The second-order valence-corrected chi connectivity index (χ2v) is 6.42. The van der Waals surface area contributed by atoms with Gasteiger partial charge in [-0.3, -0.25) is 9.39 Å². The third-order valence-electron chi connectivity index (χ3n) is 4.13. The van der Waals surface area contributed by atoms with E-state index in [1.807, 2.05) is 53.9 Å². The molecule has 1 atom stereocenters. The summed E-state index contributed by atoms with van der Waals surface area (Å²) in [5.74, 6) is 2.54. The molecule has 0 aliphatic rings. The number of benzene rings is 1. The third-order valence-corrected chi connectivity index (χ3v) is 4.13. The van der Waals surface area contributed by atoms with Crippen LogP contribution in [0.2, 0.25) is 0 Å². The van der Waals surface area contributed by atoms with Crippen LogP contribution in [0, 0.1) is 6.92 Å². The molecule has 2 heterocycles. The van der Waals surface area contributed by atoms with Crippen LogP contribution in [0.1, 0.15) is 18.3 Å². The van der Waals surface area contributed by atoms with Crippen molar-refractivity contribution in [3.8, 4) is 5.75 Å². The Labute approximate surface area is 159 Å². The Bertz CT molecular complexity index is 904. The van der Waals surface area contributed by atoms with Gasteiger partial charge in [-0.05, 0) is 43.7 Å². The van der Waals surface area contributed by atoms with Gasteiger partial charge in [0.2, 0.25) is 0 Å². The summed E-state index contributed by atoms with van der Waals surface area (Å²) in [4.78, 5) is 4.26. The molecule has 0 saturated heterocycles. The van der Waals surface area contributed by atoms with Crippen molar-refractivity contribution < 1.29 is 4.74 Å². The first-order chi connectivity index (χ1) is 13.2. The zero-order valence-electron chi connectivity index (χ0n) is 16.0. The van der Waals surface area contributed by atoms with Crippen molar-refractivity contribution in [3.05, 3.63) is 60.0 Å². The lowest BCUT2D eigenvalue weighted by Crippen LogP contribution is -2.42. The number of fused-ring (bicyclic) bond motifs is 1. The Hall–Kier alpha value is -3.09. The Balaban J connectivity index is 1.44. The first kappa shape index (κ1) is 18.7. The predicted octanol–water partition coefficient (Wildman–Crippen LogP) is 2.21. The fraction of sp³-hybridized carbons (Fsp3) is 0.350. The van der Waals surface area contributed by atoms with E-state index in [4.69, 9.17) is 4.74 Å². The van der Waals surface area contributed by atoms with E-state index >= 15 is 0 Å². The van der Waals surface area contributed by atoms with E-state index in [9.17, 15) is 0 Å². The smallest absolute Gasteiger partial charge is 0.191 e. The largest absolute Gasteiger partial charge is 0.489 e. The van der Waals surface area contributed by atoms with Gasteiger partial charge in [0.1, 0.15) is 17.7 Å². The number of guanidine groups is 1. The van der Waals surface area contributed by atoms with E-state index in [1.165, 1.54) is 5.56 Å². The highest BCUT2D eigenvalue weighted by Crippen LogP contribution is 2.13. The average molecular weight is 366 g/mol. The first-order valence-electron chi connectivity index (χ1n) is 9.12. The van der Waals surface area contributed by atoms with Gasteiger partial charge < -0.3 is 15.4 Å². The zero-order valence-corrected chi connectivity index (χ0v) is 16.0. The van der Waals surface area contributed by atoms with Crippen molar-refractivity contribution in [2.45, 2.75) is 26.4 Å². The molecule has 0 bridgehead atoms. The topological polar surface area (TPSA) is 75.8 Å². The zero-order chi connectivity index (χ0) is 19.1. The summed E-state index contributed by atoms with van der Waals surface area (Å²) in [7, 11) is 1.76. The number of aryl methyl sites for hydroxylation is 1. The summed E-state index contributed by atoms with van der Waals surface area (Å²) < 4.78 is 7.93. The maximum Gasteiger partial charge on any atom is 0.191 e. The fourth-order valence-corrected chi connectivity index (χ4v) is 2.78. The van der Waals surface area contributed by atoms with Crippen LogP contribution >= 0.6 is 0 Å². The van der Waals surface area contributed by atoms with Crippen molar-refractivity contribution in [1.29, 1.82) is 0 Å². The van der Waals surface area contributed by atoms with E-state index in [0.29, 0.717) is 13.1 Å². The minimum atomic E-state index is 0.0192. The van der Waals surface area contributed by atoms with Gasteiger partial charge in [0.15, 0.2) is 11.6 Å². The maximum absolute atomic E-state index is 5.93. The van der Waals surface area contributed by atoms with Crippen molar-refractivity contribution in [3.63, 3.8) is 0 Å². The SMILES string of the molecule is CN=C(NCCc1nnc2ccccn12)NCC(C)Oc1cccc(C)c1.